The number of esters is 1. The van der Waals surface area contributed by atoms with E-state index >= 15 is 0 Å². The highest BCUT2D eigenvalue weighted by Gasteiger charge is 2.17. The predicted molar refractivity (Wildman–Crippen MR) is 70.0 cm³/mol. The second-order valence-electron chi connectivity index (χ2n) is 3.49. The molecule has 1 rings (SSSR count). The van der Waals surface area contributed by atoms with E-state index in [0.29, 0.717) is 5.69 Å². The molecule has 7 heteroatoms. The van der Waals surface area contributed by atoms with Crippen LogP contribution in [0.3, 0.4) is 0 Å². The number of nitrogens with one attached hydrogen (secondary N) is 2. The predicted octanol–water partition coefficient (Wildman–Crippen LogP) is 1.03. The minimum Gasteiger partial charge on any atom is -0.465 e. The fraction of sp³-hybridized carbons (Fsp3) is 0.364. The Morgan fingerprint density at radius 2 is 1.78 bits per heavy atom. The Labute approximate surface area is 106 Å². The van der Waals surface area contributed by atoms with Crippen LogP contribution in [0.15, 0.2) is 24.3 Å². The highest BCUT2D eigenvalue weighted by molar-refractivity contribution is 7.93. The molecule has 0 saturated carbocycles. The summed E-state index contributed by atoms with van der Waals surface area (Å²) in [6.45, 7) is 1.78. The van der Waals surface area contributed by atoms with Crippen LogP contribution in [0.5, 0.6) is 0 Å². The Kier molecular flexibility index (Phi) is 4.96. The number of rotatable bonds is 6. The maximum absolute atomic E-state index is 11.6. The molecule has 2 N–H and O–H groups in total. The summed E-state index contributed by atoms with van der Waals surface area (Å²) in [4.78, 5) is 11.1. The molecule has 1 aromatic rings. The fourth-order valence-electron chi connectivity index (χ4n) is 1.28. The summed E-state index contributed by atoms with van der Waals surface area (Å²) < 4.78 is 30.1. The third kappa shape index (κ3) is 4.62. The number of hydrogen-bond acceptors (Lipinski definition) is 5. The minimum atomic E-state index is -3.72. The summed E-state index contributed by atoms with van der Waals surface area (Å²) in [5, 5.41) is 2.91. The molecule has 0 atom stereocenters. The average Bonchev–Trinajstić information content (AvgIpc) is 2.29. The summed E-state index contributed by atoms with van der Waals surface area (Å²) in [5.74, 6) is -1.45. The molecule has 6 nitrogen and oxygen atoms in total. The lowest BCUT2D eigenvalue weighted by Gasteiger charge is -2.08. The van der Waals surface area contributed by atoms with Crippen molar-refractivity contribution >= 4 is 27.4 Å². The van der Waals surface area contributed by atoms with Gasteiger partial charge in [0.1, 0.15) is 0 Å². The van der Waals surface area contributed by atoms with Crippen molar-refractivity contribution in [1.82, 2.24) is 0 Å². The van der Waals surface area contributed by atoms with Gasteiger partial charge in [-0.1, -0.05) is 0 Å². The van der Waals surface area contributed by atoms with E-state index in [2.05, 4.69) is 14.8 Å². The van der Waals surface area contributed by atoms with Crippen molar-refractivity contribution in [3.05, 3.63) is 24.3 Å². The van der Waals surface area contributed by atoms with Gasteiger partial charge in [0.2, 0.25) is 10.0 Å². The molecule has 0 saturated heterocycles. The third-order valence-corrected chi connectivity index (χ3v) is 3.22. The minimum absolute atomic E-state index is 0.158. The first-order valence-electron chi connectivity index (χ1n) is 5.41. The molecular formula is C11H16N2O4S. The van der Waals surface area contributed by atoms with E-state index in [1.165, 1.54) is 0 Å². The monoisotopic (exact) mass is 272 g/mol. The van der Waals surface area contributed by atoms with Crippen LogP contribution in [0, 0.1) is 0 Å². The highest BCUT2D eigenvalue weighted by Crippen LogP contribution is 2.14. The van der Waals surface area contributed by atoms with Crippen molar-refractivity contribution in [3.63, 3.8) is 0 Å². The van der Waals surface area contributed by atoms with E-state index < -0.39 is 21.7 Å². The summed E-state index contributed by atoms with van der Waals surface area (Å²) in [6.07, 6.45) is 0. The van der Waals surface area contributed by atoms with Gasteiger partial charge in [0, 0.05) is 18.4 Å². The summed E-state index contributed by atoms with van der Waals surface area (Å²) in [7, 11) is -1.96. The molecule has 0 aliphatic rings. The zero-order valence-electron chi connectivity index (χ0n) is 10.3. The van der Waals surface area contributed by atoms with E-state index in [1.54, 1.807) is 38.2 Å². The number of benzene rings is 1. The normalized spacial score (nSPS) is 10.8. The van der Waals surface area contributed by atoms with Gasteiger partial charge >= 0.3 is 5.97 Å². The summed E-state index contributed by atoms with van der Waals surface area (Å²) in [6, 6.07) is 6.66. The number of ether oxygens (including phenoxy) is 1. The Bertz CT molecular complexity index is 496. The van der Waals surface area contributed by atoms with E-state index in [4.69, 9.17) is 0 Å². The standard InChI is InChI=1S/C11H16N2O4S/c1-3-17-11(14)8-18(15,16)13-10-6-4-9(12-2)5-7-10/h4-7,12-13H,3,8H2,1-2H3. The van der Waals surface area contributed by atoms with Crippen LogP contribution in [0.25, 0.3) is 0 Å². The molecule has 0 bridgehead atoms. The van der Waals surface area contributed by atoms with Crippen LogP contribution >= 0.6 is 0 Å². The molecule has 0 fully saturated rings. The molecule has 100 valence electrons. The van der Waals surface area contributed by atoms with Crippen molar-refractivity contribution in [2.45, 2.75) is 6.92 Å². The number of hydrogen-bond donors (Lipinski definition) is 2. The summed E-state index contributed by atoms with van der Waals surface area (Å²) in [5.41, 5.74) is 1.27. The van der Waals surface area contributed by atoms with Gasteiger partial charge in [-0.15, -0.1) is 0 Å². The van der Waals surface area contributed by atoms with Gasteiger partial charge in [-0.3, -0.25) is 9.52 Å². The van der Waals surface area contributed by atoms with E-state index in [9.17, 15) is 13.2 Å². The van der Waals surface area contributed by atoms with E-state index in [0.717, 1.165) is 5.69 Å². The second kappa shape index (κ2) is 6.25. The molecule has 0 aliphatic carbocycles. The molecule has 0 unspecified atom stereocenters. The van der Waals surface area contributed by atoms with Gasteiger partial charge in [-0.25, -0.2) is 8.42 Å². The Morgan fingerprint density at radius 3 is 2.28 bits per heavy atom. The molecule has 0 heterocycles. The van der Waals surface area contributed by atoms with Crippen LogP contribution in [-0.4, -0.2) is 33.8 Å². The number of sulfonamides is 1. The molecular weight excluding hydrogens is 256 g/mol. The number of carbonyl (C=O) groups excluding carboxylic acids is 1. The number of anilines is 2. The van der Waals surface area contributed by atoms with Crippen LogP contribution in [-0.2, 0) is 19.6 Å². The van der Waals surface area contributed by atoms with Gasteiger partial charge in [0.25, 0.3) is 0 Å². The molecule has 0 amide bonds. The van der Waals surface area contributed by atoms with Crippen LogP contribution in [0.1, 0.15) is 6.92 Å². The Morgan fingerprint density at radius 1 is 1.22 bits per heavy atom. The number of carbonyl (C=O) groups is 1. The maximum atomic E-state index is 11.6. The van der Waals surface area contributed by atoms with Gasteiger partial charge < -0.3 is 10.1 Å². The quantitative estimate of drug-likeness (QED) is 0.756. The van der Waals surface area contributed by atoms with Crippen LogP contribution < -0.4 is 10.0 Å². The van der Waals surface area contributed by atoms with Gasteiger partial charge in [0.15, 0.2) is 5.75 Å². The van der Waals surface area contributed by atoms with E-state index in [1.807, 2.05) is 0 Å². The first-order chi connectivity index (χ1) is 8.46. The smallest absolute Gasteiger partial charge is 0.323 e. The third-order valence-electron chi connectivity index (χ3n) is 2.06. The highest BCUT2D eigenvalue weighted by atomic mass is 32.2. The molecule has 0 spiro atoms. The van der Waals surface area contributed by atoms with Gasteiger partial charge in [0.05, 0.1) is 6.61 Å². The Balaban J connectivity index is 2.67. The van der Waals surface area contributed by atoms with Gasteiger partial charge in [-0.05, 0) is 31.2 Å². The van der Waals surface area contributed by atoms with Crippen LogP contribution in [0.2, 0.25) is 0 Å². The molecule has 1 aromatic carbocycles. The lowest BCUT2D eigenvalue weighted by atomic mass is 10.3. The first-order valence-corrected chi connectivity index (χ1v) is 7.06. The SMILES string of the molecule is CCOC(=O)CS(=O)(=O)Nc1ccc(NC)cc1. The fourth-order valence-corrected chi connectivity index (χ4v) is 2.24. The van der Waals surface area contributed by atoms with Crippen molar-refractivity contribution in [2.24, 2.45) is 0 Å². The van der Waals surface area contributed by atoms with Crippen molar-refractivity contribution in [1.29, 1.82) is 0 Å². The zero-order chi connectivity index (χ0) is 13.6. The van der Waals surface area contributed by atoms with E-state index in [-0.39, 0.29) is 6.61 Å². The molecule has 0 aliphatic heterocycles. The topological polar surface area (TPSA) is 84.5 Å². The van der Waals surface area contributed by atoms with Crippen LogP contribution in [0.4, 0.5) is 11.4 Å². The molecule has 18 heavy (non-hydrogen) atoms. The summed E-state index contributed by atoms with van der Waals surface area (Å²) >= 11 is 0. The molecule has 0 aromatic heterocycles. The maximum Gasteiger partial charge on any atom is 0.323 e. The zero-order valence-corrected chi connectivity index (χ0v) is 11.1. The lowest BCUT2D eigenvalue weighted by molar-refractivity contribution is -0.139. The second-order valence-corrected chi connectivity index (χ2v) is 5.22. The lowest BCUT2D eigenvalue weighted by Crippen LogP contribution is -2.24. The largest absolute Gasteiger partial charge is 0.465 e. The first kappa shape index (κ1) is 14.3. The molecule has 0 radical (unpaired) electrons. The van der Waals surface area contributed by atoms with Crippen molar-refractivity contribution in [3.8, 4) is 0 Å². The Hall–Kier alpha value is -1.76. The van der Waals surface area contributed by atoms with Crippen molar-refractivity contribution in [2.75, 3.05) is 29.4 Å². The van der Waals surface area contributed by atoms with Gasteiger partial charge in [-0.2, -0.15) is 0 Å². The van der Waals surface area contributed by atoms with Crippen molar-refractivity contribution < 1.29 is 17.9 Å². The average molecular weight is 272 g/mol.